The van der Waals surface area contributed by atoms with Crippen molar-refractivity contribution in [3.05, 3.63) is 53.9 Å². The van der Waals surface area contributed by atoms with Crippen LogP contribution < -0.4 is 0 Å². The average molecular weight is 375 g/mol. The van der Waals surface area contributed by atoms with E-state index in [2.05, 4.69) is 15.1 Å². The zero-order valence-electron chi connectivity index (χ0n) is 13.2. The normalized spacial score (nSPS) is 12.6. The molecule has 0 N–H and O–H groups in total. The fourth-order valence-corrected chi connectivity index (χ4v) is 2.32. The largest absolute Gasteiger partial charge is 0.434 e. The van der Waals surface area contributed by atoms with Crippen molar-refractivity contribution in [3.63, 3.8) is 0 Å². The van der Waals surface area contributed by atoms with E-state index in [-0.39, 0.29) is 23.8 Å². The molecule has 0 bridgehead atoms. The minimum absolute atomic E-state index is 0.111. The van der Waals surface area contributed by atoms with Crippen LogP contribution in [0.25, 0.3) is 11.4 Å². The van der Waals surface area contributed by atoms with Crippen molar-refractivity contribution in [2.75, 3.05) is 0 Å². The van der Waals surface area contributed by atoms with Gasteiger partial charge in [-0.3, -0.25) is 4.68 Å². The van der Waals surface area contributed by atoms with E-state index in [1.54, 1.807) is 7.05 Å². The minimum atomic E-state index is -4.69. The van der Waals surface area contributed by atoms with Crippen molar-refractivity contribution < 1.29 is 26.3 Å². The first-order valence-corrected chi connectivity index (χ1v) is 7.20. The molecule has 0 aliphatic rings. The summed E-state index contributed by atoms with van der Waals surface area (Å²) in [7, 11) is 1.60. The lowest BCUT2D eigenvalue weighted by Crippen LogP contribution is -2.06. The van der Waals surface area contributed by atoms with Gasteiger partial charge in [0.05, 0.1) is 12.1 Å². The third-order valence-electron chi connectivity index (χ3n) is 3.50. The first-order valence-electron chi connectivity index (χ1n) is 7.20. The number of hydrogen-bond donors (Lipinski definition) is 0. The average Bonchev–Trinajstić information content (AvgIpc) is 3.13. The molecule has 0 saturated heterocycles. The molecule has 0 aliphatic carbocycles. The maximum Gasteiger partial charge on any atom is 0.434 e. The number of aryl methyl sites for hydroxylation is 1. The molecule has 0 spiro atoms. The first kappa shape index (κ1) is 18.0. The Balaban J connectivity index is 2.02. The Labute approximate surface area is 142 Å². The number of rotatable bonds is 3. The summed E-state index contributed by atoms with van der Waals surface area (Å²) in [6.45, 7) is -0.111. The van der Waals surface area contributed by atoms with Crippen LogP contribution in [-0.2, 0) is 25.9 Å². The molecule has 0 unspecified atom stereocenters. The molecular weight excluding hydrogens is 364 g/mol. The van der Waals surface area contributed by atoms with Crippen LogP contribution in [0.3, 0.4) is 0 Å². The summed E-state index contributed by atoms with van der Waals surface area (Å²) >= 11 is 0. The predicted octanol–water partition coefficient (Wildman–Crippen LogP) is 3.76. The highest BCUT2D eigenvalue weighted by atomic mass is 19.4. The Hall–Kier alpha value is -2.85. The van der Waals surface area contributed by atoms with Crippen LogP contribution in [0.5, 0.6) is 0 Å². The highest BCUT2D eigenvalue weighted by Crippen LogP contribution is 2.33. The monoisotopic (exact) mass is 375 g/mol. The highest BCUT2D eigenvalue weighted by Gasteiger charge is 2.35. The number of alkyl halides is 6. The van der Waals surface area contributed by atoms with Gasteiger partial charge in [0.1, 0.15) is 12.2 Å². The highest BCUT2D eigenvalue weighted by molar-refractivity contribution is 5.57. The summed E-state index contributed by atoms with van der Waals surface area (Å²) < 4.78 is 79.5. The summed E-state index contributed by atoms with van der Waals surface area (Å²) in [6.07, 6.45) is -7.06. The van der Waals surface area contributed by atoms with E-state index < -0.39 is 23.6 Å². The molecule has 2 aromatic heterocycles. The van der Waals surface area contributed by atoms with Crippen molar-refractivity contribution >= 4 is 0 Å². The number of aromatic nitrogens is 5. The van der Waals surface area contributed by atoms with E-state index in [0.29, 0.717) is 0 Å². The van der Waals surface area contributed by atoms with Gasteiger partial charge in [-0.25, -0.2) is 9.97 Å². The van der Waals surface area contributed by atoms with Crippen molar-refractivity contribution in [2.24, 2.45) is 7.05 Å². The van der Waals surface area contributed by atoms with E-state index in [4.69, 9.17) is 0 Å². The SMILES string of the molecule is Cn1cnc(Cn2cc(C(F)(F)F)nc2-c2ccc(C(F)(F)F)cc2)n1. The molecule has 5 nitrogen and oxygen atoms in total. The van der Waals surface area contributed by atoms with Crippen LogP contribution in [0.15, 0.2) is 36.8 Å². The number of benzene rings is 1. The number of hydrogen-bond acceptors (Lipinski definition) is 3. The van der Waals surface area contributed by atoms with Gasteiger partial charge < -0.3 is 4.57 Å². The van der Waals surface area contributed by atoms with Gasteiger partial charge in [-0.15, -0.1) is 0 Å². The summed E-state index contributed by atoms with van der Waals surface area (Å²) in [4.78, 5) is 7.48. The third-order valence-corrected chi connectivity index (χ3v) is 3.50. The number of halogens is 6. The molecular formula is C15H11F6N5. The van der Waals surface area contributed by atoms with Crippen molar-refractivity contribution in [1.29, 1.82) is 0 Å². The lowest BCUT2D eigenvalue weighted by Gasteiger charge is -2.09. The standard InChI is InChI=1S/C15H11F6N5/c1-25-8-22-12(24-25)7-26-6-11(15(19,20)21)23-13(26)9-2-4-10(5-3-9)14(16,17)18/h2-6,8H,7H2,1H3. The van der Waals surface area contributed by atoms with Crippen LogP contribution in [0, 0.1) is 0 Å². The first-order chi connectivity index (χ1) is 12.0. The molecule has 0 radical (unpaired) electrons. The van der Waals surface area contributed by atoms with Crippen LogP contribution in [0.2, 0.25) is 0 Å². The second-order valence-corrected chi connectivity index (χ2v) is 5.48. The second kappa shape index (κ2) is 6.15. The number of nitrogens with zero attached hydrogens (tertiary/aromatic N) is 5. The second-order valence-electron chi connectivity index (χ2n) is 5.48. The Bertz CT molecular complexity index is 904. The molecule has 0 amide bonds. The van der Waals surface area contributed by atoms with Gasteiger partial charge in [-0.1, -0.05) is 12.1 Å². The molecule has 0 aliphatic heterocycles. The Morgan fingerprint density at radius 1 is 0.962 bits per heavy atom. The third kappa shape index (κ3) is 3.70. The zero-order chi connectivity index (χ0) is 19.1. The van der Waals surface area contributed by atoms with Gasteiger partial charge in [0.25, 0.3) is 0 Å². The van der Waals surface area contributed by atoms with Crippen LogP contribution in [0.1, 0.15) is 17.1 Å². The maximum absolute atomic E-state index is 13.0. The molecule has 11 heteroatoms. The van der Waals surface area contributed by atoms with Gasteiger partial charge in [-0.05, 0) is 12.1 Å². The quantitative estimate of drug-likeness (QED) is 0.655. The zero-order valence-corrected chi connectivity index (χ0v) is 13.2. The molecule has 0 atom stereocenters. The van der Waals surface area contributed by atoms with Crippen LogP contribution >= 0.6 is 0 Å². The molecule has 3 aromatic rings. The Kier molecular flexibility index (Phi) is 4.24. The Morgan fingerprint density at radius 2 is 1.62 bits per heavy atom. The molecule has 1 aromatic carbocycles. The fourth-order valence-electron chi connectivity index (χ4n) is 2.32. The van der Waals surface area contributed by atoms with Crippen molar-refractivity contribution in [3.8, 4) is 11.4 Å². The number of imidazole rings is 1. The van der Waals surface area contributed by atoms with E-state index >= 15 is 0 Å². The van der Waals surface area contributed by atoms with Crippen molar-refractivity contribution in [1.82, 2.24) is 24.3 Å². The van der Waals surface area contributed by atoms with Crippen LogP contribution in [-0.4, -0.2) is 24.3 Å². The molecule has 0 fully saturated rings. The molecule has 138 valence electrons. The molecule has 2 heterocycles. The van der Waals surface area contributed by atoms with E-state index in [9.17, 15) is 26.3 Å². The maximum atomic E-state index is 13.0. The van der Waals surface area contributed by atoms with Gasteiger partial charge in [-0.2, -0.15) is 31.4 Å². The van der Waals surface area contributed by atoms with E-state index in [0.717, 1.165) is 35.0 Å². The molecule has 26 heavy (non-hydrogen) atoms. The summed E-state index contributed by atoms with van der Waals surface area (Å²) in [5, 5.41) is 3.99. The van der Waals surface area contributed by atoms with E-state index in [1.807, 2.05) is 0 Å². The predicted molar refractivity (Wildman–Crippen MR) is 77.8 cm³/mol. The lowest BCUT2D eigenvalue weighted by molar-refractivity contribution is -0.141. The smallest absolute Gasteiger partial charge is 0.323 e. The van der Waals surface area contributed by atoms with Crippen LogP contribution in [0.4, 0.5) is 26.3 Å². The van der Waals surface area contributed by atoms with Gasteiger partial charge in [0, 0.05) is 18.8 Å². The molecule has 0 saturated carbocycles. The summed E-state index contributed by atoms with van der Waals surface area (Å²) in [5.74, 6) is 0.116. The molecule has 3 rings (SSSR count). The van der Waals surface area contributed by atoms with Gasteiger partial charge >= 0.3 is 12.4 Å². The van der Waals surface area contributed by atoms with Crippen molar-refractivity contribution in [2.45, 2.75) is 18.9 Å². The van der Waals surface area contributed by atoms with Gasteiger partial charge in [0.15, 0.2) is 11.5 Å². The summed E-state index contributed by atoms with van der Waals surface area (Å²) in [6, 6.07) is 3.74. The Morgan fingerprint density at radius 3 is 2.12 bits per heavy atom. The van der Waals surface area contributed by atoms with E-state index in [1.165, 1.54) is 11.0 Å². The lowest BCUT2D eigenvalue weighted by atomic mass is 10.1. The minimum Gasteiger partial charge on any atom is -0.323 e. The topological polar surface area (TPSA) is 48.5 Å². The summed E-state index contributed by atoms with van der Waals surface area (Å²) in [5.41, 5.74) is -1.94. The van der Waals surface area contributed by atoms with Gasteiger partial charge in [0.2, 0.25) is 0 Å². The fraction of sp³-hybridized carbons (Fsp3) is 0.267.